The van der Waals surface area contributed by atoms with Gasteiger partial charge in [-0.2, -0.15) is 0 Å². The molecule has 0 saturated carbocycles. The van der Waals surface area contributed by atoms with Gasteiger partial charge in [-0.05, 0) is 63.1 Å². The van der Waals surface area contributed by atoms with Crippen molar-refractivity contribution in [3.05, 3.63) is 97.0 Å². The summed E-state index contributed by atoms with van der Waals surface area (Å²) in [4.78, 5) is 24.7. The molecule has 0 aliphatic heterocycles. The Morgan fingerprint density at radius 2 is 1.97 bits per heavy atom. The first-order chi connectivity index (χ1) is 16.2. The lowest BCUT2D eigenvalue weighted by atomic mass is 9.91. The van der Waals surface area contributed by atoms with Crippen LogP contribution >= 0.6 is 0 Å². The molecule has 0 spiro atoms. The first-order valence-electron chi connectivity index (χ1n) is 11.2. The highest BCUT2D eigenvalue weighted by atomic mass is 16.6. The maximum absolute atomic E-state index is 12.7. The van der Waals surface area contributed by atoms with Gasteiger partial charge in [-0.25, -0.2) is 0 Å². The van der Waals surface area contributed by atoms with Crippen molar-refractivity contribution < 1.29 is 23.8 Å². The number of amides is 1. The maximum Gasteiger partial charge on any atom is 0.311 e. The monoisotopic (exact) mass is 463 g/mol. The Balaban J connectivity index is 1.86. The molecule has 1 aromatic rings. The average molecular weight is 464 g/mol. The molecule has 0 bridgehead atoms. The Labute approximate surface area is 202 Å². The summed E-state index contributed by atoms with van der Waals surface area (Å²) >= 11 is 0. The van der Waals surface area contributed by atoms with Gasteiger partial charge in [0.15, 0.2) is 0 Å². The van der Waals surface area contributed by atoms with E-state index in [1.165, 1.54) is 0 Å². The van der Waals surface area contributed by atoms with Gasteiger partial charge < -0.3 is 19.5 Å². The zero-order valence-electron chi connectivity index (χ0n) is 20.1. The minimum Gasteiger partial charge on any atom is -0.490 e. The SMILES string of the molecule is C=C/C=C\C(=C)Oc1cccc(NC(=O)C2=CCC=C(OCCOC(=O)C(C)(C)CC)C=C2)c1. The number of hydrogen-bond donors (Lipinski definition) is 1. The number of ether oxygens (including phenoxy) is 3. The van der Waals surface area contributed by atoms with Crippen LogP contribution in [0.25, 0.3) is 0 Å². The van der Waals surface area contributed by atoms with Gasteiger partial charge in [0, 0.05) is 17.3 Å². The lowest BCUT2D eigenvalue weighted by Gasteiger charge is -2.20. The number of benzene rings is 1. The summed E-state index contributed by atoms with van der Waals surface area (Å²) in [6.45, 7) is 13.5. The van der Waals surface area contributed by atoms with Crippen LogP contribution in [0, 0.1) is 5.41 Å². The van der Waals surface area contributed by atoms with Crippen LogP contribution in [0.15, 0.2) is 97.0 Å². The second kappa shape index (κ2) is 13.0. The second-order valence-electron chi connectivity index (χ2n) is 8.20. The molecule has 1 amide bonds. The molecule has 0 aromatic heterocycles. The summed E-state index contributed by atoms with van der Waals surface area (Å²) in [7, 11) is 0. The number of allylic oxidation sites excluding steroid dienone is 6. The van der Waals surface area contributed by atoms with E-state index in [0.29, 0.717) is 41.4 Å². The van der Waals surface area contributed by atoms with E-state index >= 15 is 0 Å². The molecule has 0 atom stereocenters. The number of hydrogen-bond acceptors (Lipinski definition) is 5. The number of carbonyl (C=O) groups excluding carboxylic acids is 2. The molecule has 0 unspecified atom stereocenters. The van der Waals surface area contributed by atoms with Gasteiger partial charge in [0.2, 0.25) is 0 Å². The van der Waals surface area contributed by atoms with Crippen LogP contribution in [0.5, 0.6) is 5.75 Å². The summed E-state index contributed by atoms with van der Waals surface area (Å²) < 4.78 is 16.6. The van der Waals surface area contributed by atoms with Gasteiger partial charge in [-0.15, -0.1) is 0 Å². The van der Waals surface area contributed by atoms with E-state index in [2.05, 4.69) is 18.5 Å². The van der Waals surface area contributed by atoms with E-state index in [1.54, 1.807) is 54.6 Å². The van der Waals surface area contributed by atoms with Crippen LogP contribution in [0.3, 0.4) is 0 Å². The lowest BCUT2D eigenvalue weighted by Crippen LogP contribution is -2.26. The topological polar surface area (TPSA) is 73.9 Å². The molecular weight excluding hydrogens is 430 g/mol. The normalized spacial score (nSPS) is 13.4. The van der Waals surface area contributed by atoms with E-state index in [-0.39, 0.29) is 25.1 Å². The summed E-state index contributed by atoms with van der Waals surface area (Å²) in [6, 6.07) is 7.07. The van der Waals surface area contributed by atoms with Crippen molar-refractivity contribution in [1.29, 1.82) is 0 Å². The number of rotatable bonds is 12. The van der Waals surface area contributed by atoms with Gasteiger partial charge in [0.05, 0.1) is 5.41 Å². The summed E-state index contributed by atoms with van der Waals surface area (Å²) in [6.07, 6.45) is 13.4. The van der Waals surface area contributed by atoms with Gasteiger partial charge in [-0.3, -0.25) is 9.59 Å². The molecule has 0 fully saturated rings. The Hall–Kier alpha value is -3.80. The van der Waals surface area contributed by atoms with E-state index in [4.69, 9.17) is 14.2 Å². The number of nitrogens with one attached hydrogen (secondary N) is 1. The quantitative estimate of drug-likeness (QED) is 0.177. The van der Waals surface area contributed by atoms with Crippen molar-refractivity contribution in [2.45, 2.75) is 33.6 Å². The number of carbonyl (C=O) groups is 2. The van der Waals surface area contributed by atoms with Crippen molar-refractivity contribution in [3.8, 4) is 5.75 Å². The van der Waals surface area contributed by atoms with Crippen molar-refractivity contribution in [3.63, 3.8) is 0 Å². The zero-order chi connectivity index (χ0) is 25.0. The molecule has 6 nitrogen and oxygen atoms in total. The van der Waals surface area contributed by atoms with Gasteiger partial charge in [0.1, 0.15) is 30.5 Å². The second-order valence-corrected chi connectivity index (χ2v) is 8.20. The van der Waals surface area contributed by atoms with Crippen LogP contribution in [0.4, 0.5) is 5.69 Å². The van der Waals surface area contributed by atoms with E-state index in [9.17, 15) is 9.59 Å². The minimum atomic E-state index is -0.504. The highest BCUT2D eigenvalue weighted by molar-refractivity contribution is 6.05. The molecule has 34 heavy (non-hydrogen) atoms. The van der Waals surface area contributed by atoms with E-state index in [0.717, 1.165) is 0 Å². The Bertz CT molecular complexity index is 1030. The molecule has 1 N–H and O–H groups in total. The highest BCUT2D eigenvalue weighted by Gasteiger charge is 2.26. The third kappa shape index (κ3) is 8.62. The van der Waals surface area contributed by atoms with Crippen LogP contribution in [-0.4, -0.2) is 25.1 Å². The Morgan fingerprint density at radius 3 is 2.71 bits per heavy atom. The predicted octanol–water partition coefficient (Wildman–Crippen LogP) is 6.03. The fourth-order valence-corrected chi connectivity index (χ4v) is 2.72. The van der Waals surface area contributed by atoms with Crippen molar-refractivity contribution >= 4 is 17.6 Å². The van der Waals surface area contributed by atoms with E-state index < -0.39 is 5.41 Å². The third-order valence-corrected chi connectivity index (χ3v) is 5.13. The number of esters is 1. The van der Waals surface area contributed by atoms with Gasteiger partial charge in [-0.1, -0.05) is 44.4 Å². The largest absolute Gasteiger partial charge is 0.490 e. The minimum absolute atomic E-state index is 0.169. The summed E-state index contributed by atoms with van der Waals surface area (Å²) in [5.74, 6) is 1.15. The average Bonchev–Trinajstić information content (AvgIpc) is 3.06. The van der Waals surface area contributed by atoms with Gasteiger partial charge in [0.25, 0.3) is 5.91 Å². The molecule has 1 aliphatic carbocycles. The van der Waals surface area contributed by atoms with Crippen molar-refractivity contribution in [1.82, 2.24) is 0 Å². The van der Waals surface area contributed by atoms with Crippen LogP contribution < -0.4 is 10.1 Å². The molecule has 0 heterocycles. The lowest BCUT2D eigenvalue weighted by molar-refractivity contribution is -0.155. The van der Waals surface area contributed by atoms with Crippen LogP contribution in [-0.2, 0) is 19.1 Å². The van der Waals surface area contributed by atoms with E-state index in [1.807, 2.05) is 32.9 Å². The molecular formula is C28H33NO5. The Morgan fingerprint density at radius 1 is 1.18 bits per heavy atom. The first kappa shape index (κ1) is 26.5. The van der Waals surface area contributed by atoms with Gasteiger partial charge >= 0.3 is 5.97 Å². The molecule has 6 heteroatoms. The zero-order valence-corrected chi connectivity index (χ0v) is 20.1. The fourth-order valence-electron chi connectivity index (χ4n) is 2.72. The molecule has 0 saturated heterocycles. The van der Waals surface area contributed by atoms with Crippen molar-refractivity contribution in [2.75, 3.05) is 18.5 Å². The standard InChI is InChI=1S/C28H33NO5/c1-6-8-11-21(3)34-25-15-10-13-23(20-25)29-26(30)22-12-9-14-24(17-16-22)32-18-19-33-27(31)28(4,5)7-2/h6,8,10-17,20H,1,3,7,9,18-19H2,2,4-5H3,(H,29,30)/b11-8-. The smallest absolute Gasteiger partial charge is 0.311 e. The highest BCUT2D eigenvalue weighted by Crippen LogP contribution is 2.22. The molecule has 180 valence electrons. The first-order valence-corrected chi connectivity index (χ1v) is 11.2. The molecule has 1 aromatic carbocycles. The fraction of sp³-hybridized carbons (Fsp3) is 0.286. The van der Waals surface area contributed by atoms with Crippen LogP contribution in [0.1, 0.15) is 33.6 Å². The Kier molecular flexibility index (Phi) is 10.1. The van der Waals surface area contributed by atoms with Crippen LogP contribution in [0.2, 0.25) is 0 Å². The predicted molar refractivity (Wildman–Crippen MR) is 135 cm³/mol. The summed E-state index contributed by atoms with van der Waals surface area (Å²) in [5, 5.41) is 2.87. The number of anilines is 1. The molecule has 0 radical (unpaired) electrons. The maximum atomic E-state index is 12.7. The van der Waals surface area contributed by atoms with Crippen molar-refractivity contribution in [2.24, 2.45) is 5.41 Å². The third-order valence-electron chi connectivity index (χ3n) is 5.13. The molecule has 2 rings (SSSR count). The molecule has 1 aliphatic rings. The summed E-state index contributed by atoms with van der Waals surface area (Å²) in [5.41, 5.74) is 0.606.